The van der Waals surface area contributed by atoms with Gasteiger partial charge in [0, 0.05) is 17.6 Å². The molecule has 0 radical (unpaired) electrons. The Morgan fingerprint density at radius 2 is 1.77 bits per heavy atom. The molecule has 1 saturated carbocycles. The second-order valence-electron chi connectivity index (χ2n) is 8.21. The second-order valence-corrected chi connectivity index (χ2v) is 11.1. The predicted molar refractivity (Wildman–Crippen MR) is 125 cm³/mol. The van der Waals surface area contributed by atoms with Gasteiger partial charge in [-0.1, -0.05) is 45.8 Å². The highest BCUT2D eigenvalue weighted by molar-refractivity contribution is 9.10. The first-order valence-electron chi connectivity index (χ1n) is 10.8. The number of rotatable bonds is 8. The molecule has 0 amide bonds. The molecule has 3 rings (SSSR count). The van der Waals surface area contributed by atoms with E-state index in [4.69, 9.17) is 4.74 Å². The van der Waals surface area contributed by atoms with Crippen LogP contribution in [0.2, 0.25) is 0 Å². The van der Waals surface area contributed by atoms with Gasteiger partial charge >= 0.3 is 5.97 Å². The second kappa shape index (κ2) is 10.7. The van der Waals surface area contributed by atoms with Crippen molar-refractivity contribution in [3.05, 3.63) is 64.1 Å². The monoisotopic (exact) mass is 507 g/mol. The maximum absolute atomic E-state index is 13.5. The molecule has 0 saturated heterocycles. The molecule has 0 heterocycles. The standard InChI is InChI=1S/C24H30BrNO4S/c1-3-30-24(27)21-11-9-19(10-12-21)16-26(17-20-5-4-6-22(25)15-20)31(28,29)23-13-7-18(2)8-14-23/h4-8,13-15,19,21H,3,9-12,16-17H2,1-2H3. The number of ether oxygens (including phenoxy) is 1. The van der Waals surface area contributed by atoms with E-state index < -0.39 is 10.0 Å². The molecular weight excluding hydrogens is 478 g/mol. The van der Waals surface area contributed by atoms with Crippen molar-refractivity contribution in [2.75, 3.05) is 13.2 Å². The van der Waals surface area contributed by atoms with Gasteiger partial charge in [0.2, 0.25) is 10.0 Å². The Balaban J connectivity index is 1.78. The van der Waals surface area contributed by atoms with Gasteiger partial charge in [-0.2, -0.15) is 4.31 Å². The van der Waals surface area contributed by atoms with Gasteiger partial charge in [-0.15, -0.1) is 0 Å². The van der Waals surface area contributed by atoms with Crippen molar-refractivity contribution in [2.24, 2.45) is 11.8 Å². The number of benzene rings is 2. The Bertz CT molecular complexity index is 983. The fraction of sp³-hybridized carbons (Fsp3) is 0.458. The van der Waals surface area contributed by atoms with Crippen molar-refractivity contribution in [1.82, 2.24) is 4.31 Å². The van der Waals surface area contributed by atoms with E-state index in [-0.39, 0.29) is 17.8 Å². The van der Waals surface area contributed by atoms with E-state index in [0.29, 0.717) is 24.6 Å². The van der Waals surface area contributed by atoms with Gasteiger partial charge in [0.1, 0.15) is 0 Å². The van der Waals surface area contributed by atoms with Crippen LogP contribution in [0.3, 0.4) is 0 Å². The number of carbonyl (C=O) groups is 1. The minimum absolute atomic E-state index is 0.0663. The summed E-state index contributed by atoms with van der Waals surface area (Å²) in [5.41, 5.74) is 1.96. The minimum atomic E-state index is -3.64. The average molecular weight is 508 g/mol. The maximum Gasteiger partial charge on any atom is 0.308 e. The molecule has 0 unspecified atom stereocenters. The largest absolute Gasteiger partial charge is 0.466 e. The van der Waals surface area contributed by atoms with Crippen LogP contribution in [-0.2, 0) is 26.1 Å². The first kappa shape index (κ1) is 24.0. The molecule has 0 spiro atoms. The lowest BCUT2D eigenvalue weighted by Gasteiger charge is -2.31. The van der Waals surface area contributed by atoms with Crippen molar-refractivity contribution in [3.63, 3.8) is 0 Å². The normalized spacial score (nSPS) is 19.4. The first-order chi connectivity index (χ1) is 14.8. The number of halogens is 1. The van der Waals surface area contributed by atoms with Crippen LogP contribution in [0.5, 0.6) is 0 Å². The summed E-state index contributed by atoms with van der Waals surface area (Å²) in [5, 5.41) is 0. The smallest absolute Gasteiger partial charge is 0.308 e. The zero-order chi connectivity index (χ0) is 22.4. The van der Waals surface area contributed by atoms with Crippen LogP contribution < -0.4 is 0 Å². The van der Waals surface area contributed by atoms with Gasteiger partial charge in [-0.25, -0.2) is 8.42 Å². The number of esters is 1. The fourth-order valence-corrected chi connectivity index (χ4v) is 6.03. The summed E-state index contributed by atoms with van der Waals surface area (Å²) in [7, 11) is -3.64. The molecule has 2 aromatic carbocycles. The number of aryl methyl sites for hydroxylation is 1. The lowest BCUT2D eigenvalue weighted by Crippen LogP contribution is -2.37. The summed E-state index contributed by atoms with van der Waals surface area (Å²) in [4.78, 5) is 12.4. The fourth-order valence-electron chi connectivity index (χ4n) is 4.07. The maximum atomic E-state index is 13.5. The summed E-state index contributed by atoms with van der Waals surface area (Å²) in [6.45, 7) is 4.91. The Hall–Kier alpha value is -1.70. The van der Waals surface area contributed by atoms with Crippen LogP contribution >= 0.6 is 15.9 Å². The van der Waals surface area contributed by atoms with E-state index in [2.05, 4.69) is 15.9 Å². The molecule has 0 bridgehead atoms. The SMILES string of the molecule is CCOC(=O)C1CCC(CN(Cc2cccc(Br)c2)S(=O)(=O)c2ccc(C)cc2)CC1. The van der Waals surface area contributed by atoms with Gasteiger partial charge in [0.15, 0.2) is 0 Å². The lowest BCUT2D eigenvalue weighted by atomic mass is 9.82. The van der Waals surface area contributed by atoms with Crippen molar-refractivity contribution in [2.45, 2.75) is 51.0 Å². The highest BCUT2D eigenvalue weighted by Crippen LogP contribution is 2.32. The summed E-state index contributed by atoms with van der Waals surface area (Å²) >= 11 is 3.47. The number of carbonyl (C=O) groups excluding carboxylic acids is 1. The molecule has 31 heavy (non-hydrogen) atoms. The van der Waals surface area contributed by atoms with E-state index >= 15 is 0 Å². The molecule has 0 aromatic heterocycles. The molecule has 1 aliphatic rings. The van der Waals surface area contributed by atoms with Gasteiger partial charge in [0.05, 0.1) is 17.4 Å². The Kier molecular flexibility index (Phi) is 8.30. The van der Waals surface area contributed by atoms with E-state index in [1.165, 1.54) is 0 Å². The number of hydrogen-bond donors (Lipinski definition) is 0. The van der Waals surface area contributed by atoms with Crippen molar-refractivity contribution in [3.8, 4) is 0 Å². The van der Waals surface area contributed by atoms with Crippen molar-refractivity contribution in [1.29, 1.82) is 0 Å². The lowest BCUT2D eigenvalue weighted by molar-refractivity contribution is -0.149. The minimum Gasteiger partial charge on any atom is -0.466 e. The molecular formula is C24H30BrNO4S. The molecule has 168 valence electrons. The van der Waals surface area contributed by atoms with Crippen LogP contribution in [0.1, 0.15) is 43.7 Å². The summed E-state index contributed by atoms with van der Waals surface area (Å²) < 4.78 is 34.7. The molecule has 0 N–H and O–H groups in total. The molecule has 2 aromatic rings. The molecule has 0 aliphatic heterocycles. The number of hydrogen-bond acceptors (Lipinski definition) is 4. The van der Waals surface area contributed by atoms with Crippen LogP contribution in [0, 0.1) is 18.8 Å². The first-order valence-corrected chi connectivity index (χ1v) is 13.0. The molecule has 0 atom stereocenters. The number of nitrogens with zero attached hydrogens (tertiary/aromatic N) is 1. The van der Waals surface area contributed by atoms with Crippen molar-refractivity contribution < 1.29 is 17.9 Å². The van der Waals surface area contributed by atoms with E-state index in [1.807, 2.05) is 50.2 Å². The Labute approximate surface area is 194 Å². The molecule has 5 nitrogen and oxygen atoms in total. The van der Waals surface area contributed by atoms with Crippen molar-refractivity contribution >= 4 is 31.9 Å². The van der Waals surface area contributed by atoms with Gasteiger partial charge in [-0.3, -0.25) is 4.79 Å². The predicted octanol–water partition coefficient (Wildman–Crippen LogP) is 5.32. The van der Waals surface area contributed by atoms with Crippen LogP contribution in [0.4, 0.5) is 0 Å². The molecule has 1 fully saturated rings. The number of sulfonamides is 1. The zero-order valence-corrected chi connectivity index (χ0v) is 20.5. The zero-order valence-electron chi connectivity index (χ0n) is 18.1. The third-order valence-corrected chi connectivity index (χ3v) is 8.15. The highest BCUT2D eigenvalue weighted by atomic mass is 79.9. The topological polar surface area (TPSA) is 63.7 Å². The molecule has 1 aliphatic carbocycles. The van der Waals surface area contributed by atoms with Gasteiger partial charge < -0.3 is 4.74 Å². The summed E-state index contributed by atoms with van der Waals surface area (Å²) in [6, 6.07) is 14.8. The Morgan fingerprint density at radius 3 is 2.39 bits per heavy atom. The van der Waals surface area contributed by atoms with Crippen LogP contribution in [-0.4, -0.2) is 31.8 Å². The van der Waals surface area contributed by atoms with E-state index in [0.717, 1.165) is 41.3 Å². The van der Waals surface area contributed by atoms with Gasteiger partial charge in [-0.05, 0) is 75.3 Å². The highest BCUT2D eigenvalue weighted by Gasteiger charge is 2.32. The average Bonchev–Trinajstić information content (AvgIpc) is 2.74. The molecule has 7 heteroatoms. The van der Waals surface area contributed by atoms with E-state index in [1.54, 1.807) is 16.4 Å². The summed E-state index contributed by atoms with van der Waals surface area (Å²) in [6.07, 6.45) is 3.14. The third kappa shape index (κ3) is 6.40. The van der Waals surface area contributed by atoms with Gasteiger partial charge in [0.25, 0.3) is 0 Å². The van der Waals surface area contributed by atoms with E-state index in [9.17, 15) is 13.2 Å². The Morgan fingerprint density at radius 1 is 1.10 bits per heavy atom. The van der Waals surface area contributed by atoms with Crippen LogP contribution in [0.25, 0.3) is 0 Å². The quantitative estimate of drug-likeness (QED) is 0.453. The third-order valence-electron chi connectivity index (χ3n) is 5.84. The van der Waals surface area contributed by atoms with Crippen LogP contribution in [0.15, 0.2) is 57.9 Å². The summed E-state index contributed by atoms with van der Waals surface area (Å²) in [5.74, 6) is 0.0284.